The number of rotatable bonds is 2. The Morgan fingerprint density at radius 2 is 1.88 bits per heavy atom. The Bertz CT molecular complexity index is 628. The summed E-state index contributed by atoms with van der Waals surface area (Å²) in [5.74, 6) is 0. The van der Waals surface area contributed by atoms with E-state index in [0.717, 1.165) is 23.9 Å². The first-order chi connectivity index (χ1) is 8.28. The SMILES string of the molecule is CCC1(CC)C=CC2=c3ccccc3=NC2=C1. The van der Waals surface area contributed by atoms with Crippen LogP contribution in [-0.4, -0.2) is 0 Å². The monoisotopic (exact) mass is 223 g/mol. The van der Waals surface area contributed by atoms with Crippen molar-refractivity contribution >= 4 is 5.57 Å². The van der Waals surface area contributed by atoms with Gasteiger partial charge in [-0.05, 0) is 25.0 Å². The maximum atomic E-state index is 4.74. The van der Waals surface area contributed by atoms with Gasteiger partial charge < -0.3 is 0 Å². The lowest BCUT2D eigenvalue weighted by atomic mass is 9.77. The largest absolute Gasteiger partial charge is 0.248 e. The lowest BCUT2D eigenvalue weighted by molar-refractivity contribution is 0.452. The zero-order valence-electron chi connectivity index (χ0n) is 10.4. The molecule has 0 aromatic heterocycles. The predicted octanol–water partition coefficient (Wildman–Crippen LogP) is 2.73. The average Bonchev–Trinajstić information content (AvgIpc) is 2.75. The van der Waals surface area contributed by atoms with Crippen LogP contribution in [0.25, 0.3) is 5.57 Å². The molecule has 17 heavy (non-hydrogen) atoms. The van der Waals surface area contributed by atoms with Crippen LogP contribution in [0.15, 0.2) is 53.2 Å². The molecule has 86 valence electrons. The zero-order valence-corrected chi connectivity index (χ0v) is 10.4. The summed E-state index contributed by atoms with van der Waals surface area (Å²) in [7, 11) is 0. The number of allylic oxidation sites excluding steroid dienone is 3. The minimum atomic E-state index is 0.213. The molecule has 0 bridgehead atoms. The Labute approximate surface area is 102 Å². The van der Waals surface area contributed by atoms with Gasteiger partial charge in [-0.15, -0.1) is 0 Å². The molecule has 0 fully saturated rings. The average molecular weight is 223 g/mol. The molecule has 1 heteroatoms. The Kier molecular flexibility index (Phi) is 2.29. The van der Waals surface area contributed by atoms with Gasteiger partial charge in [-0.2, -0.15) is 0 Å². The van der Waals surface area contributed by atoms with Gasteiger partial charge in [0.05, 0.1) is 11.1 Å². The third-order valence-electron chi connectivity index (χ3n) is 4.03. The Morgan fingerprint density at radius 1 is 1.12 bits per heavy atom. The van der Waals surface area contributed by atoms with Crippen molar-refractivity contribution in [3.8, 4) is 0 Å². The molecular formula is C16H17N. The smallest absolute Gasteiger partial charge is 0.0716 e. The maximum Gasteiger partial charge on any atom is 0.0716 e. The molecule has 0 amide bonds. The fraction of sp³-hybridized carbons (Fsp3) is 0.312. The molecule has 0 atom stereocenters. The van der Waals surface area contributed by atoms with E-state index in [0.29, 0.717) is 0 Å². The van der Waals surface area contributed by atoms with Crippen molar-refractivity contribution in [3.05, 3.63) is 58.8 Å². The summed E-state index contributed by atoms with van der Waals surface area (Å²) < 4.78 is 0. The molecule has 3 rings (SSSR count). The summed E-state index contributed by atoms with van der Waals surface area (Å²) in [6.07, 6.45) is 9.24. The van der Waals surface area contributed by atoms with Gasteiger partial charge in [0.25, 0.3) is 0 Å². The number of benzene rings is 1. The lowest BCUT2D eigenvalue weighted by Crippen LogP contribution is -2.22. The van der Waals surface area contributed by atoms with Crippen molar-refractivity contribution in [2.45, 2.75) is 26.7 Å². The van der Waals surface area contributed by atoms with Crippen molar-refractivity contribution in [3.63, 3.8) is 0 Å². The molecule has 1 aromatic carbocycles. The molecule has 0 saturated heterocycles. The van der Waals surface area contributed by atoms with E-state index in [1.807, 2.05) is 0 Å². The van der Waals surface area contributed by atoms with Crippen LogP contribution in [0.3, 0.4) is 0 Å². The zero-order chi connectivity index (χ0) is 11.9. The van der Waals surface area contributed by atoms with Gasteiger partial charge in [0, 0.05) is 16.2 Å². The van der Waals surface area contributed by atoms with E-state index in [4.69, 9.17) is 4.99 Å². The van der Waals surface area contributed by atoms with Gasteiger partial charge in [0.2, 0.25) is 0 Å². The van der Waals surface area contributed by atoms with Gasteiger partial charge in [-0.3, -0.25) is 0 Å². The van der Waals surface area contributed by atoms with Crippen LogP contribution < -0.4 is 10.6 Å². The van der Waals surface area contributed by atoms with E-state index in [1.165, 1.54) is 10.8 Å². The van der Waals surface area contributed by atoms with Crippen molar-refractivity contribution in [2.75, 3.05) is 0 Å². The van der Waals surface area contributed by atoms with E-state index in [2.05, 4.69) is 56.3 Å². The molecule has 2 aliphatic rings. The Balaban J connectivity index is 2.23. The van der Waals surface area contributed by atoms with Gasteiger partial charge in [0.15, 0.2) is 0 Å². The first kappa shape index (κ1) is 10.5. The first-order valence-electron chi connectivity index (χ1n) is 6.38. The summed E-state index contributed by atoms with van der Waals surface area (Å²) in [5, 5.41) is 2.39. The third kappa shape index (κ3) is 1.49. The second kappa shape index (κ2) is 3.69. The minimum absolute atomic E-state index is 0.213. The van der Waals surface area contributed by atoms with Crippen LogP contribution in [-0.2, 0) is 0 Å². The number of hydrogen-bond acceptors (Lipinski definition) is 1. The van der Waals surface area contributed by atoms with Crippen molar-refractivity contribution in [2.24, 2.45) is 10.4 Å². The second-order valence-corrected chi connectivity index (χ2v) is 4.85. The van der Waals surface area contributed by atoms with Crippen molar-refractivity contribution in [1.29, 1.82) is 0 Å². The van der Waals surface area contributed by atoms with Crippen molar-refractivity contribution in [1.82, 2.24) is 0 Å². The second-order valence-electron chi connectivity index (χ2n) is 4.85. The topological polar surface area (TPSA) is 12.4 Å². The molecule has 0 saturated carbocycles. The van der Waals surface area contributed by atoms with Gasteiger partial charge >= 0.3 is 0 Å². The molecule has 0 radical (unpaired) electrons. The van der Waals surface area contributed by atoms with Crippen LogP contribution in [0.5, 0.6) is 0 Å². The fourth-order valence-corrected chi connectivity index (χ4v) is 2.67. The Hall–Kier alpha value is -1.63. The number of hydrogen-bond donors (Lipinski definition) is 0. The standard InChI is InChI=1S/C16H17N/c1-3-16(4-2)10-9-13-12-7-5-6-8-14(12)17-15(13)11-16/h5-11H,3-4H2,1-2H3. The highest BCUT2D eigenvalue weighted by molar-refractivity contribution is 5.76. The highest BCUT2D eigenvalue weighted by atomic mass is 14.8. The quantitative estimate of drug-likeness (QED) is 0.731. The molecule has 1 nitrogen and oxygen atoms in total. The van der Waals surface area contributed by atoms with Crippen LogP contribution in [0, 0.1) is 5.41 Å². The summed E-state index contributed by atoms with van der Waals surface area (Å²) in [4.78, 5) is 4.74. The molecule has 0 spiro atoms. The van der Waals surface area contributed by atoms with Gasteiger partial charge in [0.1, 0.15) is 0 Å². The molecule has 1 aliphatic carbocycles. The molecule has 1 heterocycles. The van der Waals surface area contributed by atoms with Crippen molar-refractivity contribution < 1.29 is 0 Å². The van der Waals surface area contributed by atoms with Crippen LogP contribution in [0.4, 0.5) is 0 Å². The van der Waals surface area contributed by atoms with Gasteiger partial charge in [-0.1, -0.05) is 44.2 Å². The predicted molar refractivity (Wildman–Crippen MR) is 70.9 cm³/mol. The summed E-state index contributed by atoms with van der Waals surface area (Å²) in [6, 6.07) is 8.39. The number of para-hydroxylation sites is 1. The normalized spacial score (nSPS) is 19.4. The third-order valence-corrected chi connectivity index (χ3v) is 4.03. The molecule has 0 N–H and O–H groups in total. The van der Waals surface area contributed by atoms with Crippen LogP contribution in [0.2, 0.25) is 0 Å². The van der Waals surface area contributed by atoms with E-state index in [1.54, 1.807) is 0 Å². The van der Waals surface area contributed by atoms with Crippen LogP contribution >= 0.6 is 0 Å². The summed E-state index contributed by atoms with van der Waals surface area (Å²) in [6.45, 7) is 4.50. The molecule has 1 aliphatic heterocycles. The first-order valence-corrected chi connectivity index (χ1v) is 6.38. The van der Waals surface area contributed by atoms with E-state index >= 15 is 0 Å². The molecule has 1 aromatic rings. The number of fused-ring (bicyclic) bond motifs is 2. The Morgan fingerprint density at radius 3 is 2.65 bits per heavy atom. The number of nitrogens with zero attached hydrogens (tertiary/aromatic N) is 1. The lowest BCUT2D eigenvalue weighted by Gasteiger charge is -2.27. The minimum Gasteiger partial charge on any atom is -0.248 e. The van der Waals surface area contributed by atoms with E-state index in [9.17, 15) is 0 Å². The summed E-state index contributed by atoms with van der Waals surface area (Å²) in [5.41, 5.74) is 2.67. The molecule has 0 unspecified atom stereocenters. The fourth-order valence-electron chi connectivity index (χ4n) is 2.67. The summed E-state index contributed by atoms with van der Waals surface area (Å²) >= 11 is 0. The molecular weight excluding hydrogens is 206 g/mol. The van der Waals surface area contributed by atoms with E-state index < -0.39 is 0 Å². The van der Waals surface area contributed by atoms with Crippen LogP contribution in [0.1, 0.15) is 26.7 Å². The van der Waals surface area contributed by atoms with Gasteiger partial charge in [-0.25, -0.2) is 4.99 Å². The maximum absolute atomic E-state index is 4.74. The highest BCUT2D eigenvalue weighted by Crippen LogP contribution is 2.37. The highest BCUT2D eigenvalue weighted by Gasteiger charge is 2.26. The van der Waals surface area contributed by atoms with E-state index in [-0.39, 0.29) is 5.41 Å².